The highest BCUT2D eigenvalue weighted by Crippen LogP contribution is 2.34. The normalized spacial score (nSPS) is 18.8. The van der Waals surface area contributed by atoms with Gasteiger partial charge in [-0.1, -0.05) is 23.7 Å². The van der Waals surface area contributed by atoms with Crippen LogP contribution in [0.3, 0.4) is 0 Å². The molecule has 1 aromatic rings. The zero-order chi connectivity index (χ0) is 8.55. The maximum Gasteiger partial charge on any atom is 0.151 e. The summed E-state index contributed by atoms with van der Waals surface area (Å²) in [6, 6.07) is 5.86. The van der Waals surface area contributed by atoms with Crippen molar-refractivity contribution in [2.75, 3.05) is 6.54 Å². The number of hydrogen-bond donors (Lipinski definition) is 1. The summed E-state index contributed by atoms with van der Waals surface area (Å²) < 4.78 is 5.59. The van der Waals surface area contributed by atoms with Crippen LogP contribution in [0.5, 0.6) is 5.75 Å². The summed E-state index contributed by atoms with van der Waals surface area (Å²) in [7, 11) is 0. The summed E-state index contributed by atoms with van der Waals surface area (Å²) in [6.07, 6.45) is 1.17. The van der Waals surface area contributed by atoms with Crippen molar-refractivity contribution in [2.24, 2.45) is 0 Å². The number of hydrogen-bond acceptors (Lipinski definition) is 1. The predicted molar refractivity (Wildman–Crippen MR) is 47.3 cm³/mol. The van der Waals surface area contributed by atoms with Crippen LogP contribution < -0.4 is 22.9 Å². The second kappa shape index (κ2) is 4.18. The Hall–Kier alpha value is -0.440. The second-order valence-corrected chi connectivity index (χ2v) is 3.37. The van der Waals surface area contributed by atoms with Crippen molar-refractivity contribution >= 4 is 11.6 Å². The van der Waals surface area contributed by atoms with Gasteiger partial charge in [-0.15, -0.1) is 0 Å². The Morgan fingerprint density at radius 1 is 1.54 bits per heavy atom. The Bertz CT molecular complexity index is 304. The lowest BCUT2D eigenvalue weighted by atomic mass is 10.1. The van der Waals surface area contributed by atoms with E-state index in [0.717, 1.165) is 18.7 Å². The molecule has 72 valence electrons. The Morgan fingerprint density at radius 2 is 2.31 bits per heavy atom. The van der Waals surface area contributed by atoms with E-state index in [1.165, 1.54) is 5.56 Å². The number of ether oxygens (including phenoxy) is 1. The first-order valence-electron chi connectivity index (χ1n) is 4.04. The highest BCUT2D eigenvalue weighted by Gasteiger charge is 2.24. The van der Waals surface area contributed by atoms with Crippen molar-refractivity contribution in [3.05, 3.63) is 28.8 Å². The van der Waals surface area contributed by atoms with Crippen LogP contribution in [0.1, 0.15) is 5.56 Å². The molecule has 0 spiro atoms. The maximum absolute atomic E-state index is 5.95. The molecule has 0 aromatic heterocycles. The third kappa shape index (κ3) is 1.90. The van der Waals surface area contributed by atoms with Crippen LogP contribution in [0.4, 0.5) is 0 Å². The Morgan fingerprint density at radius 3 is 2.92 bits per heavy atom. The minimum Gasteiger partial charge on any atom is -1.00 e. The molecule has 3 N–H and O–H groups in total. The average molecular weight is 220 g/mol. The van der Waals surface area contributed by atoms with Gasteiger partial charge in [-0.3, -0.25) is 0 Å². The molecule has 0 fully saturated rings. The molecule has 1 aromatic carbocycles. The van der Waals surface area contributed by atoms with Crippen LogP contribution in [-0.4, -0.2) is 12.6 Å². The van der Waals surface area contributed by atoms with E-state index in [4.69, 9.17) is 16.3 Å². The van der Waals surface area contributed by atoms with Crippen LogP contribution in [0.2, 0.25) is 5.02 Å². The summed E-state index contributed by atoms with van der Waals surface area (Å²) in [5.74, 6) is 0.854. The van der Waals surface area contributed by atoms with Gasteiger partial charge in [0.15, 0.2) is 6.10 Å². The van der Waals surface area contributed by atoms with Gasteiger partial charge < -0.3 is 22.9 Å². The third-order valence-electron chi connectivity index (χ3n) is 2.10. The largest absolute Gasteiger partial charge is 1.00 e. The molecule has 0 saturated heterocycles. The summed E-state index contributed by atoms with van der Waals surface area (Å²) in [5, 5.41) is 0.712. The van der Waals surface area contributed by atoms with Gasteiger partial charge in [0.2, 0.25) is 0 Å². The summed E-state index contributed by atoms with van der Waals surface area (Å²) in [5.41, 5.74) is 5.02. The molecule has 1 atom stereocenters. The highest BCUT2D eigenvalue weighted by molar-refractivity contribution is 6.32. The molecule has 0 amide bonds. The molecule has 0 aliphatic carbocycles. The Labute approximate surface area is 88.4 Å². The van der Waals surface area contributed by atoms with Crippen molar-refractivity contribution in [2.45, 2.75) is 12.5 Å². The molecule has 0 saturated carbocycles. The summed E-state index contributed by atoms with van der Waals surface area (Å²) in [4.78, 5) is 0. The Kier molecular flexibility index (Phi) is 3.42. The van der Waals surface area contributed by atoms with E-state index in [-0.39, 0.29) is 18.5 Å². The fourth-order valence-electron chi connectivity index (χ4n) is 1.46. The first-order chi connectivity index (χ1) is 5.81. The zero-order valence-corrected chi connectivity index (χ0v) is 8.61. The van der Waals surface area contributed by atoms with Gasteiger partial charge in [-0.2, -0.15) is 0 Å². The van der Waals surface area contributed by atoms with E-state index < -0.39 is 0 Å². The molecule has 1 aliphatic rings. The van der Waals surface area contributed by atoms with E-state index in [1.807, 2.05) is 12.1 Å². The number of benzene rings is 1. The van der Waals surface area contributed by atoms with Crippen LogP contribution in [-0.2, 0) is 6.42 Å². The average Bonchev–Trinajstić information content (AvgIpc) is 2.49. The number of rotatable bonds is 1. The lowest BCUT2D eigenvalue weighted by Crippen LogP contribution is -3.00. The van der Waals surface area contributed by atoms with Crippen LogP contribution in [0.15, 0.2) is 18.2 Å². The lowest BCUT2D eigenvalue weighted by Gasteiger charge is -2.04. The standard InChI is InChI=1S/C9H10ClNO.ClH/c10-8-3-1-2-6-4-7(5-11)12-9(6)8;/h1-3,7H,4-5,11H2;1H. The van der Waals surface area contributed by atoms with Gasteiger partial charge in [0.05, 0.1) is 5.02 Å². The van der Waals surface area contributed by atoms with Gasteiger partial charge in [0.1, 0.15) is 12.3 Å². The van der Waals surface area contributed by atoms with Crippen LogP contribution >= 0.6 is 11.6 Å². The molecule has 1 unspecified atom stereocenters. The topological polar surface area (TPSA) is 36.9 Å². The molecule has 1 aliphatic heterocycles. The van der Waals surface area contributed by atoms with E-state index in [9.17, 15) is 0 Å². The third-order valence-corrected chi connectivity index (χ3v) is 2.40. The van der Waals surface area contributed by atoms with E-state index >= 15 is 0 Å². The van der Waals surface area contributed by atoms with Gasteiger partial charge >= 0.3 is 0 Å². The number of halogens is 2. The van der Waals surface area contributed by atoms with Gasteiger partial charge in [0.25, 0.3) is 0 Å². The molecule has 13 heavy (non-hydrogen) atoms. The van der Waals surface area contributed by atoms with Gasteiger partial charge in [-0.05, 0) is 11.6 Å². The molecular weight excluding hydrogens is 209 g/mol. The minimum atomic E-state index is 0. The van der Waals surface area contributed by atoms with Crippen molar-refractivity contribution in [1.82, 2.24) is 0 Å². The number of para-hydroxylation sites is 1. The van der Waals surface area contributed by atoms with E-state index in [2.05, 4.69) is 11.8 Å². The zero-order valence-electron chi connectivity index (χ0n) is 7.09. The Balaban J connectivity index is 0.000000845. The molecule has 2 rings (SSSR count). The quantitative estimate of drug-likeness (QED) is 0.577. The lowest BCUT2D eigenvalue weighted by molar-refractivity contribution is -0.380. The first-order valence-corrected chi connectivity index (χ1v) is 4.42. The summed E-state index contributed by atoms with van der Waals surface area (Å²) in [6.45, 7) is 0.797. The van der Waals surface area contributed by atoms with Crippen LogP contribution in [0, 0.1) is 0 Å². The van der Waals surface area contributed by atoms with Gasteiger partial charge in [0, 0.05) is 6.42 Å². The second-order valence-electron chi connectivity index (χ2n) is 2.96. The highest BCUT2D eigenvalue weighted by atomic mass is 35.5. The van der Waals surface area contributed by atoms with Crippen molar-refractivity contribution in [3.63, 3.8) is 0 Å². The maximum atomic E-state index is 5.95. The smallest absolute Gasteiger partial charge is 0.151 e. The molecule has 0 radical (unpaired) electrons. The number of quaternary nitrogens is 1. The molecule has 1 heterocycles. The molecular formula is C9H11Cl2NO. The fourth-order valence-corrected chi connectivity index (χ4v) is 1.70. The minimum absolute atomic E-state index is 0. The summed E-state index contributed by atoms with van der Waals surface area (Å²) >= 11 is 5.95. The fraction of sp³-hybridized carbons (Fsp3) is 0.333. The van der Waals surface area contributed by atoms with Crippen LogP contribution in [0.25, 0.3) is 0 Å². The van der Waals surface area contributed by atoms with Crippen molar-refractivity contribution in [3.8, 4) is 5.75 Å². The van der Waals surface area contributed by atoms with Crippen molar-refractivity contribution < 1.29 is 22.9 Å². The molecule has 4 heteroatoms. The SMILES string of the molecule is [Cl-].[NH3+]CC1Cc2cccc(Cl)c2O1. The van der Waals surface area contributed by atoms with Crippen molar-refractivity contribution in [1.29, 1.82) is 0 Å². The van der Waals surface area contributed by atoms with E-state index in [1.54, 1.807) is 0 Å². The molecule has 0 bridgehead atoms. The van der Waals surface area contributed by atoms with Gasteiger partial charge in [-0.25, -0.2) is 0 Å². The monoisotopic (exact) mass is 219 g/mol. The predicted octanol–water partition coefficient (Wildman–Crippen LogP) is -2.11. The number of fused-ring (bicyclic) bond motifs is 1. The molecule has 2 nitrogen and oxygen atoms in total. The van der Waals surface area contributed by atoms with E-state index in [0.29, 0.717) is 5.02 Å². The first kappa shape index (κ1) is 10.6.